The van der Waals surface area contributed by atoms with Crippen LogP contribution in [0.5, 0.6) is 0 Å². The van der Waals surface area contributed by atoms with Crippen molar-refractivity contribution in [3.05, 3.63) is 0 Å². The Morgan fingerprint density at radius 3 is 2.71 bits per heavy atom. The highest BCUT2D eigenvalue weighted by atomic mass is 15.1. The largest absolute Gasteiger partial charge is 0.316 e. The van der Waals surface area contributed by atoms with Crippen molar-refractivity contribution in [3.8, 4) is 0 Å². The quantitative estimate of drug-likeness (QED) is 0.634. The Hall–Kier alpha value is -0.0800. The Morgan fingerprint density at radius 1 is 1.29 bits per heavy atom. The van der Waals surface area contributed by atoms with Gasteiger partial charge in [-0.2, -0.15) is 0 Å². The van der Waals surface area contributed by atoms with Crippen LogP contribution in [0.2, 0.25) is 0 Å². The lowest BCUT2D eigenvalue weighted by atomic mass is 9.64. The van der Waals surface area contributed by atoms with Crippen LogP contribution in [-0.2, 0) is 0 Å². The Balaban J connectivity index is 2.07. The predicted octanol–water partition coefficient (Wildman–Crippen LogP) is 1.72. The summed E-state index contributed by atoms with van der Waals surface area (Å²) in [4.78, 5) is 2.51. The van der Waals surface area contributed by atoms with E-state index in [4.69, 9.17) is 0 Å². The molecule has 82 valence electrons. The van der Waals surface area contributed by atoms with Gasteiger partial charge in [-0.05, 0) is 64.2 Å². The topological polar surface area (TPSA) is 15.3 Å². The third-order valence-electron chi connectivity index (χ3n) is 4.71. The molecule has 0 aliphatic carbocycles. The van der Waals surface area contributed by atoms with E-state index in [2.05, 4.69) is 31.1 Å². The predicted molar refractivity (Wildman–Crippen MR) is 60.4 cm³/mol. The third kappa shape index (κ3) is 1.70. The fourth-order valence-corrected chi connectivity index (χ4v) is 3.26. The Bertz CT molecular complexity index is 204. The number of likely N-dealkylation sites (tertiary alicyclic amines) is 1. The van der Waals surface area contributed by atoms with Crippen molar-refractivity contribution in [2.75, 3.05) is 26.7 Å². The summed E-state index contributed by atoms with van der Waals surface area (Å²) < 4.78 is 0. The molecular weight excluding hydrogens is 172 g/mol. The van der Waals surface area contributed by atoms with Crippen LogP contribution >= 0.6 is 0 Å². The summed E-state index contributed by atoms with van der Waals surface area (Å²) in [5, 5.41) is 3.52. The van der Waals surface area contributed by atoms with Crippen molar-refractivity contribution in [1.82, 2.24) is 10.2 Å². The molecule has 2 aliphatic heterocycles. The molecule has 2 saturated heterocycles. The molecule has 0 amide bonds. The third-order valence-corrected chi connectivity index (χ3v) is 4.71. The molecule has 0 saturated carbocycles. The molecule has 3 atom stereocenters. The van der Waals surface area contributed by atoms with Crippen LogP contribution < -0.4 is 5.32 Å². The van der Waals surface area contributed by atoms with E-state index in [9.17, 15) is 0 Å². The van der Waals surface area contributed by atoms with Crippen LogP contribution in [0.15, 0.2) is 0 Å². The second-order valence-electron chi connectivity index (χ2n) is 5.50. The van der Waals surface area contributed by atoms with Gasteiger partial charge in [0.05, 0.1) is 0 Å². The molecule has 0 aromatic heterocycles. The molecule has 2 rings (SSSR count). The standard InChI is InChI=1S/C12H24N2/c1-10-9-13-6-4-12(10)5-7-14(3)11(2)8-12/h10-11,13H,4-9H2,1-3H3. The molecule has 2 aliphatic rings. The lowest BCUT2D eigenvalue weighted by Gasteiger charge is -2.50. The summed E-state index contributed by atoms with van der Waals surface area (Å²) in [6.07, 6.45) is 4.22. The van der Waals surface area contributed by atoms with Gasteiger partial charge >= 0.3 is 0 Å². The maximum Gasteiger partial charge on any atom is 0.00692 e. The minimum absolute atomic E-state index is 0.664. The van der Waals surface area contributed by atoms with Gasteiger partial charge in [-0.1, -0.05) is 6.92 Å². The molecular formula is C12H24N2. The summed E-state index contributed by atoms with van der Waals surface area (Å²) in [6, 6.07) is 0.782. The lowest BCUT2D eigenvalue weighted by Crippen LogP contribution is -2.52. The summed E-state index contributed by atoms with van der Waals surface area (Å²) in [6.45, 7) is 8.59. The summed E-state index contributed by atoms with van der Waals surface area (Å²) in [7, 11) is 2.27. The SMILES string of the molecule is CC1CC2(CCNCC2C)CCN1C. The zero-order chi connectivity index (χ0) is 10.2. The molecule has 3 unspecified atom stereocenters. The average Bonchev–Trinajstić information content (AvgIpc) is 2.17. The van der Waals surface area contributed by atoms with Gasteiger partial charge in [-0.15, -0.1) is 0 Å². The molecule has 0 radical (unpaired) electrons. The van der Waals surface area contributed by atoms with Crippen molar-refractivity contribution in [3.63, 3.8) is 0 Å². The van der Waals surface area contributed by atoms with Gasteiger partial charge in [0.2, 0.25) is 0 Å². The molecule has 2 nitrogen and oxygen atoms in total. The molecule has 2 heteroatoms. The first-order valence-corrected chi connectivity index (χ1v) is 6.05. The molecule has 2 fully saturated rings. The fourth-order valence-electron chi connectivity index (χ4n) is 3.26. The fraction of sp³-hybridized carbons (Fsp3) is 1.00. The Labute approximate surface area is 88.1 Å². The second kappa shape index (κ2) is 3.82. The van der Waals surface area contributed by atoms with E-state index in [1.54, 1.807) is 0 Å². The minimum Gasteiger partial charge on any atom is -0.316 e. The van der Waals surface area contributed by atoms with E-state index < -0.39 is 0 Å². The molecule has 0 aromatic rings. The summed E-state index contributed by atoms with van der Waals surface area (Å²) >= 11 is 0. The number of hydrogen-bond donors (Lipinski definition) is 1. The zero-order valence-electron chi connectivity index (χ0n) is 9.84. The molecule has 14 heavy (non-hydrogen) atoms. The highest BCUT2D eigenvalue weighted by Crippen LogP contribution is 2.44. The van der Waals surface area contributed by atoms with E-state index >= 15 is 0 Å². The van der Waals surface area contributed by atoms with Crippen molar-refractivity contribution in [2.24, 2.45) is 11.3 Å². The van der Waals surface area contributed by atoms with Crippen molar-refractivity contribution < 1.29 is 0 Å². The summed E-state index contributed by atoms with van der Waals surface area (Å²) in [5.74, 6) is 0.868. The number of piperidine rings is 2. The van der Waals surface area contributed by atoms with Gasteiger partial charge in [0, 0.05) is 6.04 Å². The van der Waals surface area contributed by atoms with E-state index in [0.717, 1.165) is 12.0 Å². The smallest absolute Gasteiger partial charge is 0.00692 e. The van der Waals surface area contributed by atoms with Crippen molar-refractivity contribution in [2.45, 2.75) is 39.2 Å². The number of nitrogens with zero attached hydrogens (tertiary/aromatic N) is 1. The van der Waals surface area contributed by atoms with Crippen molar-refractivity contribution in [1.29, 1.82) is 0 Å². The van der Waals surface area contributed by atoms with E-state index in [1.165, 1.54) is 38.9 Å². The van der Waals surface area contributed by atoms with Gasteiger partial charge < -0.3 is 10.2 Å². The molecule has 1 spiro atoms. The highest BCUT2D eigenvalue weighted by Gasteiger charge is 2.42. The van der Waals surface area contributed by atoms with Crippen LogP contribution in [0.25, 0.3) is 0 Å². The Kier molecular flexibility index (Phi) is 2.85. The maximum atomic E-state index is 3.52. The second-order valence-corrected chi connectivity index (χ2v) is 5.50. The zero-order valence-corrected chi connectivity index (χ0v) is 9.84. The van der Waals surface area contributed by atoms with Crippen LogP contribution in [0.3, 0.4) is 0 Å². The van der Waals surface area contributed by atoms with Crippen LogP contribution in [-0.4, -0.2) is 37.6 Å². The molecule has 0 aromatic carbocycles. The lowest BCUT2D eigenvalue weighted by molar-refractivity contribution is 0.0106. The number of rotatable bonds is 0. The minimum atomic E-state index is 0.664. The average molecular weight is 196 g/mol. The molecule has 1 N–H and O–H groups in total. The van der Waals surface area contributed by atoms with Gasteiger partial charge in [-0.3, -0.25) is 0 Å². The van der Waals surface area contributed by atoms with Gasteiger partial charge in [-0.25, -0.2) is 0 Å². The maximum absolute atomic E-state index is 3.52. The monoisotopic (exact) mass is 196 g/mol. The first-order chi connectivity index (χ1) is 6.64. The summed E-state index contributed by atoms with van der Waals surface area (Å²) in [5.41, 5.74) is 0.664. The molecule has 2 heterocycles. The van der Waals surface area contributed by atoms with E-state index in [1.807, 2.05) is 0 Å². The molecule has 0 bridgehead atoms. The number of hydrogen-bond acceptors (Lipinski definition) is 2. The van der Waals surface area contributed by atoms with E-state index in [0.29, 0.717) is 5.41 Å². The van der Waals surface area contributed by atoms with Gasteiger partial charge in [0.15, 0.2) is 0 Å². The van der Waals surface area contributed by atoms with Crippen LogP contribution in [0.4, 0.5) is 0 Å². The number of nitrogens with one attached hydrogen (secondary N) is 1. The van der Waals surface area contributed by atoms with Crippen molar-refractivity contribution >= 4 is 0 Å². The highest BCUT2D eigenvalue weighted by molar-refractivity contribution is 4.95. The van der Waals surface area contributed by atoms with E-state index in [-0.39, 0.29) is 0 Å². The van der Waals surface area contributed by atoms with Gasteiger partial charge in [0.1, 0.15) is 0 Å². The van der Waals surface area contributed by atoms with Crippen LogP contribution in [0, 0.1) is 11.3 Å². The van der Waals surface area contributed by atoms with Crippen LogP contribution in [0.1, 0.15) is 33.1 Å². The first-order valence-electron chi connectivity index (χ1n) is 6.05. The van der Waals surface area contributed by atoms with Gasteiger partial charge in [0.25, 0.3) is 0 Å². The first kappa shape index (κ1) is 10.4. The normalized spacial score (nSPS) is 45.6. The Morgan fingerprint density at radius 2 is 2.07 bits per heavy atom.